The molecule has 2 atom stereocenters. The topological polar surface area (TPSA) is 50.1 Å². The molecule has 0 saturated carbocycles. The first-order valence-electron chi connectivity index (χ1n) is 5.44. The summed E-state index contributed by atoms with van der Waals surface area (Å²) in [5.74, 6) is 0. The zero-order chi connectivity index (χ0) is 11.3. The van der Waals surface area contributed by atoms with E-state index >= 15 is 0 Å². The number of rotatable bonds is 6. The lowest BCUT2D eigenvalue weighted by Crippen LogP contribution is -2.46. The van der Waals surface area contributed by atoms with Gasteiger partial charge in [0.05, 0.1) is 12.9 Å². The highest BCUT2D eigenvalue weighted by Gasteiger charge is 2.24. The van der Waals surface area contributed by atoms with Crippen LogP contribution in [0.15, 0.2) is 18.7 Å². The zero-order valence-electron chi connectivity index (χ0n) is 9.77. The van der Waals surface area contributed by atoms with E-state index in [0.29, 0.717) is 6.04 Å². The van der Waals surface area contributed by atoms with E-state index in [1.54, 1.807) is 6.20 Å². The maximum absolute atomic E-state index is 9.38. The van der Waals surface area contributed by atoms with Crippen molar-refractivity contribution in [3.63, 3.8) is 0 Å². The molecule has 0 saturated heterocycles. The smallest absolute Gasteiger partial charge is 0.0948 e. The van der Waals surface area contributed by atoms with Crippen LogP contribution in [0.25, 0.3) is 0 Å². The van der Waals surface area contributed by atoms with E-state index in [9.17, 15) is 5.11 Å². The summed E-state index contributed by atoms with van der Waals surface area (Å²) in [6.45, 7) is 7.25. The van der Waals surface area contributed by atoms with Crippen molar-refractivity contribution in [3.8, 4) is 0 Å². The molecule has 4 nitrogen and oxygen atoms in total. The number of hydrogen-bond acceptors (Lipinski definition) is 3. The fourth-order valence-electron chi connectivity index (χ4n) is 1.91. The van der Waals surface area contributed by atoms with Gasteiger partial charge in [0.2, 0.25) is 0 Å². The van der Waals surface area contributed by atoms with Gasteiger partial charge in [0, 0.05) is 24.0 Å². The second-order valence-corrected chi connectivity index (χ2v) is 4.31. The molecule has 1 rings (SSSR count). The number of aromatic nitrogens is 2. The standard InChI is InChI=1S/C11H21N3O/c1-4-13-11(3,8-15)7-10(2)14-6-5-12-9-14/h5-6,9-10,13,15H,4,7-8H2,1-3H3. The van der Waals surface area contributed by atoms with E-state index in [1.165, 1.54) is 0 Å². The lowest BCUT2D eigenvalue weighted by Gasteiger charge is -2.31. The molecule has 1 aromatic rings. The summed E-state index contributed by atoms with van der Waals surface area (Å²) in [6.07, 6.45) is 6.43. The molecule has 0 aliphatic rings. The molecule has 0 aromatic carbocycles. The fourth-order valence-corrected chi connectivity index (χ4v) is 1.91. The van der Waals surface area contributed by atoms with Gasteiger partial charge in [-0.1, -0.05) is 6.92 Å². The van der Waals surface area contributed by atoms with E-state index in [-0.39, 0.29) is 12.1 Å². The number of likely N-dealkylation sites (N-methyl/N-ethyl adjacent to an activating group) is 1. The van der Waals surface area contributed by atoms with E-state index < -0.39 is 0 Å². The van der Waals surface area contributed by atoms with Crippen LogP contribution in [-0.2, 0) is 0 Å². The number of imidazole rings is 1. The Morgan fingerprint density at radius 1 is 1.60 bits per heavy atom. The zero-order valence-corrected chi connectivity index (χ0v) is 9.77. The van der Waals surface area contributed by atoms with Crippen LogP contribution < -0.4 is 5.32 Å². The van der Waals surface area contributed by atoms with Crippen LogP contribution in [0.4, 0.5) is 0 Å². The van der Waals surface area contributed by atoms with Gasteiger partial charge in [-0.2, -0.15) is 0 Å². The van der Waals surface area contributed by atoms with Gasteiger partial charge >= 0.3 is 0 Å². The van der Waals surface area contributed by atoms with Gasteiger partial charge in [0.1, 0.15) is 0 Å². The highest BCUT2D eigenvalue weighted by Crippen LogP contribution is 2.20. The van der Waals surface area contributed by atoms with Crippen molar-refractivity contribution in [2.75, 3.05) is 13.2 Å². The summed E-state index contributed by atoms with van der Waals surface area (Å²) in [4.78, 5) is 4.03. The van der Waals surface area contributed by atoms with Crippen molar-refractivity contribution in [2.24, 2.45) is 0 Å². The van der Waals surface area contributed by atoms with Gasteiger partial charge in [-0.25, -0.2) is 4.98 Å². The number of hydrogen-bond donors (Lipinski definition) is 2. The highest BCUT2D eigenvalue weighted by molar-refractivity contribution is 4.88. The fraction of sp³-hybridized carbons (Fsp3) is 0.727. The van der Waals surface area contributed by atoms with Crippen molar-refractivity contribution in [3.05, 3.63) is 18.7 Å². The lowest BCUT2D eigenvalue weighted by molar-refractivity contribution is 0.153. The Kier molecular flexibility index (Phi) is 4.29. The monoisotopic (exact) mass is 211 g/mol. The quantitative estimate of drug-likeness (QED) is 0.743. The molecule has 4 heteroatoms. The molecule has 0 radical (unpaired) electrons. The molecule has 2 unspecified atom stereocenters. The third-order valence-electron chi connectivity index (χ3n) is 2.73. The van der Waals surface area contributed by atoms with Crippen LogP contribution in [0.3, 0.4) is 0 Å². The van der Waals surface area contributed by atoms with Gasteiger partial charge in [-0.05, 0) is 26.8 Å². The second-order valence-electron chi connectivity index (χ2n) is 4.31. The summed E-state index contributed by atoms with van der Waals surface area (Å²) in [7, 11) is 0. The van der Waals surface area contributed by atoms with E-state index in [4.69, 9.17) is 0 Å². The predicted octanol–water partition coefficient (Wildman–Crippen LogP) is 1.19. The molecular weight excluding hydrogens is 190 g/mol. The van der Waals surface area contributed by atoms with Crippen molar-refractivity contribution < 1.29 is 5.11 Å². The SMILES string of the molecule is CCNC(C)(CO)CC(C)n1ccnc1. The molecule has 0 aliphatic heterocycles. The molecule has 1 aromatic heterocycles. The first-order valence-corrected chi connectivity index (χ1v) is 5.44. The first kappa shape index (κ1) is 12.2. The van der Waals surface area contributed by atoms with Crippen molar-refractivity contribution in [2.45, 2.75) is 38.8 Å². The Balaban J connectivity index is 2.59. The lowest BCUT2D eigenvalue weighted by atomic mass is 9.94. The molecule has 0 spiro atoms. The van der Waals surface area contributed by atoms with E-state index in [2.05, 4.69) is 28.7 Å². The summed E-state index contributed by atoms with van der Waals surface area (Å²) in [5, 5.41) is 12.7. The molecule has 0 bridgehead atoms. The minimum absolute atomic E-state index is 0.153. The van der Waals surface area contributed by atoms with Gasteiger partial charge in [-0.3, -0.25) is 0 Å². The van der Waals surface area contributed by atoms with Crippen LogP contribution in [-0.4, -0.2) is 33.3 Å². The molecule has 1 heterocycles. The minimum atomic E-state index is -0.210. The Labute approximate surface area is 91.3 Å². The van der Waals surface area contributed by atoms with Gasteiger partial charge in [0.15, 0.2) is 0 Å². The normalized spacial score (nSPS) is 17.3. The Morgan fingerprint density at radius 2 is 2.33 bits per heavy atom. The van der Waals surface area contributed by atoms with Gasteiger partial charge in [0.25, 0.3) is 0 Å². The summed E-state index contributed by atoms with van der Waals surface area (Å²) in [6, 6.07) is 0.337. The second kappa shape index (κ2) is 5.28. The van der Waals surface area contributed by atoms with Gasteiger partial charge in [-0.15, -0.1) is 0 Å². The molecular formula is C11H21N3O. The third-order valence-corrected chi connectivity index (χ3v) is 2.73. The van der Waals surface area contributed by atoms with Crippen LogP contribution in [0.2, 0.25) is 0 Å². The highest BCUT2D eigenvalue weighted by atomic mass is 16.3. The van der Waals surface area contributed by atoms with Crippen LogP contribution in [0, 0.1) is 0 Å². The molecule has 0 amide bonds. The maximum Gasteiger partial charge on any atom is 0.0948 e. The predicted molar refractivity (Wildman–Crippen MR) is 60.7 cm³/mol. The van der Waals surface area contributed by atoms with Crippen LogP contribution >= 0.6 is 0 Å². The third kappa shape index (κ3) is 3.32. The Morgan fingerprint density at radius 3 is 2.80 bits per heavy atom. The maximum atomic E-state index is 9.38. The van der Waals surface area contributed by atoms with Crippen molar-refractivity contribution >= 4 is 0 Å². The summed E-state index contributed by atoms with van der Waals surface area (Å²) < 4.78 is 2.06. The average molecular weight is 211 g/mol. The summed E-state index contributed by atoms with van der Waals surface area (Å²) in [5.41, 5.74) is -0.210. The molecule has 2 N–H and O–H groups in total. The van der Waals surface area contributed by atoms with Crippen LogP contribution in [0.1, 0.15) is 33.2 Å². The van der Waals surface area contributed by atoms with Crippen molar-refractivity contribution in [1.82, 2.24) is 14.9 Å². The average Bonchev–Trinajstić information content (AvgIpc) is 2.71. The van der Waals surface area contributed by atoms with Crippen LogP contribution in [0.5, 0.6) is 0 Å². The van der Waals surface area contributed by atoms with Crippen molar-refractivity contribution in [1.29, 1.82) is 0 Å². The summed E-state index contributed by atoms with van der Waals surface area (Å²) >= 11 is 0. The largest absolute Gasteiger partial charge is 0.394 e. The Hall–Kier alpha value is -0.870. The number of nitrogens with one attached hydrogen (secondary N) is 1. The Bertz CT molecular complexity index is 273. The minimum Gasteiger partial charge on any atom is -0.394 e. The molecule has 15 heavy (non-hydrogen) atoms. The number of aliphatic hydroxyl groups excluding tert-OH is 1. The number of nitrogens with zero attached hydrogens (tertiary/aromatic N) is 2. The van der Waals surface area contributed by atoms with E-state index in [1.807, 2.05) is 19.4 Å². The molecule has 0 aliphatic carbocycles. The molecule has 86 valence electrons. The number of aliphatic hydroxyl groups is 1. The molecule has 0 fully saturated rings. The van der Waals surface area contributed by atoms with E-state index in [0.717, 1.165) is 13.0 Å². The first-order chi connectivity index (χ1) is 7.11. The van der Waals surface area contributed by atoms with Gasteiger partial charge < -0.3 is 15.0 Å².